The van der Waals surface area contributed by atoms with Crippen LogP contribution >= 0.6 is 0 Å². The van der Waals surface area contributed by atoms with Crippen molar-refractivity contribution in [1.29, 1.82) is 0 Å². The number of hydrogen-bond donors (Lipinski definition) is 1. The van der Waals surface area contributed by atoms with Crippen LogP contribution in [0, 0.1) is 0 Å². The van der Waals surface area contributed by atoms with E-state index in [-0.39, 0.29) is 11.9 Å². The molecule has 0 unspecified atom stereocenters. The first kappa shape index (κ1) is 15.3. The molecular weight excluding hydrogens is 287 g/mol. The minimum absolute atomic E-state index is 0.237. The van der Waals surface area contributed by atoms with Gasteiger partial charge in [-0.1, -0.05) is 0 Å². The molecule has 0 spiro atoms. The maximum Gasteiger partial charge on any atom is 0.435 e. The highest BCUT2D eigenvalue weighted by atomic mass is 19.4. The standard InChI is InChI=1S/C13H14F3N3O2/c1-20-8-6-9(10-3-2-7-21-10)17-12-5-4-11(18-19-12)13(14,15)16/h2-5,7,9H,6,8H2,1H3,(H,17,19)/t9-/m1/s1. The zero-order chi connectivity index (χ0) is 15.3. The van der Waals surface area contributed by atoms with Gasteiger partial charge in [-0.3, -0.25) is 0 Å². The molecule has 0 aromatic carbocycles. The lowest BCUT2D eigenvalue weighted by Crippen LogP contribution is -2.15. The van der Waals surface area contributed by atoms with Crippen molar-refractivity contribution in [2.24, 2.45) is 0 Å². The first-order valence-corrected chi connectivity index (χ1v) is 6.20. The van der Waals surface area contributed by atoms with Crippen LogP contribution < -0.4 is 5.32 Å². The summed E-state index contributed by atoms with van der Waals surface area (Å²) in [7, 11) is 1.57. The van der Waals surface area contributed by atoms with Crippen LogP contribution in [0.5, 0.6) is 0 Å². The van der Waals surface area contributed by atoms with Gasteiger partial charge in [0.15, 0.2) is 5.69 Å². The number of nitrogens with zero attached hydrogens (tertiary/aromatic N) is 2. The van der Waals surface area contributed by atoms with Gasteiger partial charge < -0.3 is 14.5 Å². The molecule has 2 rings (SSSR count). The Bertz CT molecular complexity index is 541. The van der Waals surface area contributed by atoms with Gasteiger partial charge in [0.05, 0.1) is 12.3 Å². The Hall–Kier alpha value is -2.09. The summed E-state index contributed by atoms with van der Waals surface area (Å²) in [6, 6.07) is 5.36. The molecule has 0 saturated carbocycles. The zero-order valence-corrected chi connectivity index (χ0v) is 11.2. The van der Waals surface area contributed by atoms with Crippen molar-refractivity contribution in [3.05, 3.63) is 42.0 Å². The molecule has 114 valence electrons. The Morgan fingerprint density at radius 3 is 2.62 bits per heavy atom. The molecule has 2 aromatic heterocycles. The molecule has 0 amide bonds. The van der Waals surface area contributed by atoms with Gasteiger partial charge in [0.1, 0.15) is 11.6 Å². The second-order valence-corrected chi connectivity index (χ2v) is 4.30. The predicted octanol–water partition coefficient (Wildman–Crippen LogP) is 3.28. The molecule has 5 nitrogen and oxygen atoms in total. The first-order valence-electron chi connectivity index (χ1n) is 6.20. The van der Waals surface area contributed by atoms with E-state index in [0.29, 0.717) is 18.8 Å². The van der Waals surface area contributed by atoms with Crippen LogP contribution in [0.25, 0.3) is 0 Å². The third kappa shape index (κ3) is 4.19. The summed E-state index contributed by atoms with van der Waals surface area (Å²) >= 11 is 0. The summed E-state index contributed by atoms with van der Waals surface area (Å²) in [5.41, 5.74) is -1.03. The molecule has 1 N–H and O–H groups in total. The number of methoxy groups -OCH3 is 1. The lowest BCUT2D eigenvalue weighted by molar-refractivity contribution is -0.141. The molecule has 0 aliphatic heterocycles. The second kappa shape index (κ2) is 6.57. The monoisotopic (exact) mass is 301 g/mol. The fraction of sp³-hybridized carbons (Fsp3) is 0.385. The lowest BCUT2D eigenvalue weighted by atomic mass is 10.1. The maximum atomic E-state index is 12.4. The summed E-state index contributed by atoms with van der Waals surface area (Å²) in [6.45, 7) is 0.465. The number of aromatic nitrogens is 2. The minimum Gasteiger partial charge on any atom is -0.467 e. The van der Waals surface area contributed by atoms with E-state index in [1.165, 1.54) is 12.3 Å². The quantitative estimate of drug-likeness (QED) is 0.887. The second-order valence-electron chi connectivity index (χ2n) is 4.30. The topological polar surface area (TPSA) is 60.2 Å². The SMILES string of the molecule is COCC[C@@H](Nc1ccc(C(F)(F)F)nn1)c1ccco1. The van der Waals surface area contributed by atoms with Crippen molar-refractivity contribution in [1.82, 2.24) is 10.2 Å². The summed E-state index contributed by atoms with van der Waals surface area (Å²) in [6.07, 6.45) is -2.40. The van der Waals surface area contributed by atoms with Crippen molar-refractivity contribution in [2.75, 3.05) is 19.0 Å². The smallest absolute Gasteiger partial charge is 0.435 e. The Morgan fingerprint density at radius 2 is 2.10 bits per heavy atom. The molecule has 0 fully saturated rings. The van der Waals surface area contributed by atoms with Crippen LogP contribution in [0.2, 0.25) is 0 Å². The average Bonchev–Trinajstić information content (AvgIpc) is 2.97. The fourth-order valence-corrected chi connectivity index (χ4v) is 1.75. The summed E-state index contributed by atoms with van der Waals surface area (Å²) in [5.74, 6) is 0.884. The number of anilines is 1. The van der Waals surface area contributed by atoms with E-state index in [1.54, 1.807) is 19.2 Å². The van der Waals surface area contributed by atoms with Gasteiger partial charge in [-0.15, -0.1) is 10.2 Å². The highest BCUT2D eigenvalue weighted by molar-refractivity contribution is 5.36. The number of rotatable bonds is 6. The number of furan rings is 1. The van der Waals surface area contributed by atoms with Crippen molar-refractivity contribution in [2.45, 2.75) is 18.6 Å². The molecule has 8 heteroatoms. The summed E-state index contributed by atoms with van der Waals surface area (Å²) in [5, 5.41) is 9.68. The number of hydrogen-bond acceptors (Lipinski definition) is 5. The number of halogens is 3. The van der Waals surface area contributed by atoms with E-state index in [4.69, 9.17) is 9.15 Å². The third-order valence-electron chi connectivity index (χ3n) is 2.77. The van der Waals surface area contributed by atoms with Crippen LogP contribution in [0.3, 0.4) is 0 Å². The van der Waals surface area contributed by atoms with Crippen molar-refractivity contribution < 1.29 is 22.3 Å². The van der Waals surface area contributed by atoms with Crippen LogP contribution in [0.1, 0.15) is 23.9 Å². The van der Waals surface area contributed by atoms with Gasteiger partial charge in [-0.05, 0) is 30.7 Å². The number of alkyl halides is 3. The van der Waals surface area contributed by atoms with E-state index >= 15 is 0 Å². The van der Waals surface area contributed by atoms with Crippen LogP contribution in [0.15, 0.2) is 34.9 Å². The normalized spacial score (nSPS) is 13.1. The Labute approximate surface area is 119 Å². The fourth-order valence-electron chi connectivity index (χ4n) is 1.75. The van der Waals surface area contributed by atoms with Gasteiger partial charge in [0.2, 0.25) is 0 Å². The summed E-state index contributed by atoms with van der Waals surface area (Å²) < 4.78 is 47.6. The molecule has 0 saturated heterocycles. The van der Waals surface area contributed by atoms with Crippen molar-refractivity contribution in [3.8, 4) is 0 Å². The Balaban J connectivity index is 2.09. The van der Waals surface area contributed by atoms with E-state index < -0.39 is 11.9 Å². The van der Waals surface area contributed by atoms with Gasteiger partial charge in [0.25, 0.3) is 0 Å². The van der Waals surface area contributed by atoms with E-state index in [0.717, 1.165) is 6.07 Å². The molecule has 2 heterocycles. The molecule has 0 aliphatic rings. The lowest BCUT2D eigenvalue weighted by Gasteiger charge is -2.16. The van der Waals surface area contributed by atoms with Crippen LogP contribution in [-0.2, 0) is 10.9 Å². The van der Waals surface area contributed by atoms with Gasteiger partial charge in [-0.2, -0.15) is 13.2 Å². The van der Waals surface area contributed by atoms with E-state index in [1.807, 2.05) is 0 Å². The average molecular weight is 301 g/mol. The maximum absolute atomic E-state index is 12.4. The van der Waals surface area contributed by atoms with Crippen LogP contribution in [0.4, 0.5) is 19.0 Å². The Morgan fingerprint density at radius 1 is 1.29 bits per heavy atom. The number of nitrogens with one attached hydrogen (secondary N) is 1. The van der Waals surface area contributed by atoms with E-state index in [9.17, 15) is 13.2 Å². The molecule has 2 aromatic rings. The molecule has 21 heavy (non-hydrogen) atoms. The minimum atomic E-state index is -4.50. The zero-order valence-electron chi connectivity index (χ0n) is 11.2. The first-order chi connectivity index (χ1) is 10.0. The van der Waals surface area contributed by atoms with Gasteiger partial charge in [-0.25, -0.2) is 0 Å². The van der Waals surface area contributed by atoms with E-state index in [2.05, 4.69) is 15.5 Å². The van der Waals surface area contributed by atoms with Gasteiger partial charge in [0, 0.05) is 13.7 Å². The van der Waals surface area contributed by atoms with Crippen molar-refractivity contribution in [3.63, 3.8) is 0 Å². The van der Waals surface area contributed by atoms with Crippen molar-refractivity contribution >= 4 is 5.82 Å². The Kier molecular flexibility index (Phi) is 4.79. The molecule has 0 bridgehead atoms. The molecule has 1 atom stereocenters. The van der Waals surface area contributed by atoms with Crippen LogP contribution in [-0.4, -0.2) is 23.9 Å². The highest BCUT2D eigenvalue weighted by Crippen LogP contribution is 2.28. The predicted molar refractivity (Wildman–Crippen MR) is 68.6 cm³/mol. The third-order valence-corrected chi connectivity index (χ3v) is 2.77. The summed E-state index contributed by atoms with van der Waals surface area (Å²) in [4.78, 5) is 0. The molecule has 0 radical (unpaired) electrons. The molecule has 0 aliphatic carbocycles. The number of ether oxygens (including phenoxy) is 1. The largest absolute Gasteiger partial charge is 0.467 e. The van der Waals surface area contributed by atoms with Gasteiger partial charge >= 0.3 is 6.18 Å². The molecular formula is C13H14F3N3O2. The highest BCUT2D eigenvalue weighted by Gasteiger charge is 2.33.